The van der Waals surface area contributed by atoms with Crippen LogP contribution in [0.25, 0.3) is 0 Å². The molecule has 1 unspecified atom stereocenters. The third kappa shape index (κ3) is 3.63. The first-order valence-electron chi connectivity index (χ1n) is 6.80. The normalized spacial score (nSPS) is 12.5. The SMILES string of the molecule is CCC(OC)O[Si](c1ccccc1O)c1ccccc1O. The van der Waals surface area contributed by atoms with Gasteiger partial charge in [-0.05, 0) is 18.6 Å². The Morgan fingerprint density at radius 2 is 1.43 bits per heavy atom. The molecule has 0 aliphatic rings. The molecule has 5 heteroatoms. The Morgan fingerprint density at radius 3 is 1.81 bits per heavy atom. The summed E-state index contributed by atoms with van der Waals surface area (Å²) in [5, 5.41) is 21.6. The summed E-state index contributed by atoms with van der Waals surface area (Å²) in [7, 11) is -0.221. The van der Waals surface area contributed by atoms with Crippen LogP contribution in [0.2, 0.25) is 0 Å². The zero-order valence-corrected chi connectivity index (χ0v) is 13.1. The second-order valence-corrected chi connectivity index (χ2v) is 6.53. The van der Waals surface area contributed by atoms with Crippen LogP contribution in [0, 0.1) is 0 Å². The van der Waals surface area contributed by atoms with Crippen LogP contribution in [0.4, 0.5) is 0 Å². The van der Waals surface area contributed by atoms with Crippen LogP contribution >= 0.6 is 0 Å². The first-order chi connectivity index (χ1) is 10.2. The highest BCUT2D eigenvalue weighted by Gasteiger charge is 2.27. The van der Waals surface area contributed by atoms with Gasteiger partial charge in [-0.2, -0.15) is 0 Å². The molecule has 0 amide bonds. The van der Waals surface area contributed by atoms with Gasteiger partial charge in [-0.3, -0.25) is 0 Å². The third-order valence-electron chi connectivity index (χ3n) is 3.14. The number of phenols is 2. The second-order valence-electron chi connectivity index (χ2n) is 4.55. The summed E-state index contributed by atoms with van der Waals surface area (Å²) in [6.07, 6.45) is 0.310. The molecular weight excluding hydrogens is 284 g/mol. The van der Waals surface area contributed by atoms with Gasteiger partial charge in [-0.25, -0.2) is 0 Å². The summed E-state index contributed by atoms with van der Waals surface area (Å²) < 4.78 is 11.3. The van der Waals surface area contributed by atoms with Gasteiger partial charge in [0.1, 0.15) is 17.8 Å². The highest BCUT2D eigenvalue weighted by molar-refractivity contribution is 6.81. The van der Waals surface area contributed by atoms with Crippen LogP contribution in [-0.4, -0.2) is 32.7 Å². The fourth-order valence-corrected chi connectivity index (χ4v) is 4.23. The van der Waals surface area contributed by atoms with Crippen molar-refractivity contribution in [2.24, 2.45) is 0 Å². The Bertz CT molecular complexity index is 538. The van der Waals surface area contributed by atoms with E-state index in [1.807, 2.05) is 31.2 Å². The molecule has 0 aromatic heterocycles. The maximum Gasteiger partial charge on any atom is 0.293 e. The highest BCUT2D eigenvalue weighted by Crippen LogP contribution is 2.13. The summed E-state index contributed by atoms with van der Waals surface area (Å²) in [6, 6.07) is 14.1. The molecule has 21 heavy (non-hydrogen) atoms. The van der Waals surface area contributed by atoms with Gasteiger partial charge in [-0.15, -0.1) is 0 Å². The van der Waals surface area contributed by atoms with Crippen LogP contribution in [0.15, 0.2) is 48.5 Å². The van der Waals surface area contributed by atoms with Gasteiger partial charge in [-0.1, -0.05) is 43.3 Å². The molecule has 4 nitrogen and oxygen atoms in total. The molecule has 0 saturated carbocycles. The summed E-state index contributed by atoms with van der Waals surface area (Å²) in [6.45, 7) is 1.96. The van der Waals surface area contributed by atoms with E-state index in [0.29, 0.717) is 16.8 Å². The van der Waals surface area contributed by atoms with Crippen LogP contribution in [0.5, 0.6) is 11.5 Å². The summed E-state index contributed by atoms with van der Waals surface area (Å²) in [4.78, 5) is 0. The maximum atomic E-state index is 10.1. The van der Waals surface area contributed by atoms with E-state index in [9.17, 15) is 10.2 Å². The van der Waals surface area contributed by atoms with Gasteiger partial charge in [0.15, 0.2) is 0 Å². The highest BCUT2D eigenvalue weighted by atomic mass is 28.3. The van der Waals surface area contributed by atoms with Crippen molar-refractivity contribution in [2.45, 2.75) is 19.6 Å². The summed E-state index contributed by atoms with van der Waals surface area (Å²) >= 11 is 0. The molecule has 111 valence electrons. The average Bonchev–Trinajstić information content (AvgIpc) is 2.51. The Kier molecular flexibility index (Phi) is 5.38. The van der Waals surface area contributed by atoms with E-state index < -0.39 is 9.04 Å². The largest absolute Gasteiger partial charge is 0.508 e. The second kappa shape index (κ2) is 7.26. The molecule has 1 radical (unpaired) electrons. The van der Waals surface area contributed by atoms with E-state index in [4.69, 9.17) is 9.16 Å². The molecule has 1 atom stereocenters. The predicted octanol–water partition coefficient (Wildman–Crippen LogP) is 1.60. The van der Waals surface area contributed by atoms with E-state index >= 15 is 0 Å². The van der Waals surface area contributed by atoms with E-state index in [2.05, 4.69) is 0 Å². The fraction of sp³-hybridized carbons (Fsp3) is 0.250. The van der Waals surface area contributed by atoms with Crippen molar-refractivity contribution in [3.05, 3.63) is 48.5 Å². The van der Waals surface area contributed by atoms with Gasteiger partial charge in [0.05, 0.1) is 0 Å². The van der Waals surface area contributed by atoms with Crippen LogP contribution < -0.4 is 10.4 Å². The van der Waals surface area contributed by atoms with E-state index in [1.54, 1.807) is 31.4 Å². The monoisotopic (exact) mass is 303 g/mol. The lowest BCUT2D eigenvalue weighted by molar-refractivity contribution is -0.0549. The fourth-order valence-electron chi connectivity index (χ4n) is 2.03. The van der Waals surface area contributed by atoms with E-state index in [-0.39, 0.29) is 17.8 Å². The van der Waals surface area contributed by atoms with Crippen molar-refractivity contribution >= 4 is 19.4 Å². The molecule has 2 aromatic carbocycles. The number of ether oxygens (including phenoxy) is 1. The van der Waals surface area contributed by atoms with Crippen molar-refractivity contribution in [3.8, 4) is 11.5 Å². The maximum absolute atomic E-state index is 10.1. The molecule has 0 heterocycles. The number of benzene rings is 2. The van der Waals surface area contributed by atoms with Gasteiger partial charge in [0, 0.05) is 17.5 Å². The average molecular weight is 303 g/mol. The zero-order chi connectivity index (χ0) is 15.2. The lowest BCUT2D eigenvalue weighted by atomic mass is 10.3. The molecule has 0 fully saturated rings. The standard InChI is InChI=1S/C16H19O4Si/c1-3-16(19-2)20-21(14-10-6-4-8-12(14)17)15-11-7-5-9-13(15)18/h4-11,16-18H,3H2,1-2H3. The van der Waals surface area contributed by atoms with Crippen molar-refractivity contribution in [1.82, 2.24) is 0 Å². The lowest BCUT2D eigenvalue weighted by Crippen LogP contribution is -2.47. The van der Waals surface area contributed by atoms with Crippen molar-refractivity contribution in [2.75, 3.05) is 7.11 Å². The minimum absolute atomic E-state index is 0.167. The first kappa shape index (κ1) is 15.6. The Balaban J connectivity index is 2.45. The smallest absolute Gasteiger partial charge is 0.293 e. The molecule has 2 rings (SSSR count). The first-order valence-corrected chi connectivity index (χ1v) is 8.21. The van der Waals surface area contributed by atoms with Crippen molar-refractivity contribution in [1.29, 1.82) is 0 Å². The number of aromatic hydroxyl groups is 2. The minimum Gasteiger partial charge on any atom is -0.508 e. The number of methoxy groups -OCH3 is 1. The van der Waals surface area contributed by atoms with Gasteiger partial charge >= 0.3 is 0 Å². The number of hydrogen-bond acceptors (Lipinski definition) is 4. The summed E-state index contributed by atoms with van der Waals surface area (Å²) in [5.41, 5.74) is 0. The van der Waals surface area contributed by atoms with Crippen LogP contribution in [0.1, 0.15) is 13.3 Å². The van der Waals surface area contributed by atoms with Crippen LogP contribution in [0.3, 0.4) is 0 Å². The number of phenolic OH excluding ortho intramolecular Hbond substituents is 2. The molecule has 2 aromatic rings. The summed E-state index contributed by atoms with van der Waals surface area (Å²) in [5.74, 6) is 0.334. The van der Waals surface area contributed by atoms with E-state index in [1.165, 1.54) is 0 Å². The molecule has 0 bridgehead atoms. The van der Waals surface area contributed by atoms with Crippen molar-refractivity contribution < 1.29 is 19.4 Å². The molecule has 0 aliphatic heterocycles. The lowest BCUT2D eigenvalue weighted by Gasteiger charge is -2.23. The molecule has 0 spiro atoms. The Morgan fingerprint density at radius 1 is 0.952 bits per heavy atom. The van der Waals surface area contributed by atoms with E-state index in [0.717, 1.165) is 0 Å². The zero-order valence-electron chi connectivity index (χ0n) is 12.1. The minimum atomic E-state index is -1.81. The number of hydrogen-bond donors (Lipinski definition) is 2. The van der Waals surface area contributed by atoms with Crippen LogP contribution in [-0.2, 0) is 9.16 Å². The number of rotatable bonds is 6. The quantitative estimate of drug-likeness (QED) is 0.629. The molecule has 0 aliphatic carbocycles. The molecule has 0 saturated heterocycles. The Labute approximate surface area is 126 Å². The van der Waals surface area contributed by atoms with Crippen molar-refractivity contribution in [3.63, 3.8) is 0 Å². The third-order valence-corrected chi connectivity index (χ3v) is 5.47. The van der Waals surface area contributed by atoms with Gasteiger partial charge in [0.2, 0.25) is 0 Å². The Hall–Kier alpha value is -1.82. The molecule has 2 N–H and O–H groups in total. The number of para-hydroxylation sites is 2. The topological polar surface area (TPSA) is 58.9 Å². The van der Waals surface area contributed by atoms with Gasteiger partial charge < -0.3 is 19.4 Å². The molecular formula is C16H19O4Si. The predicted molar refractivity (Wildman–Crippen MR) is 83.4 cm³/mol. The van der Waals surface area contributed by atoms with Gasteiger partial charge in [0.25, 0.3) is 9.04 Å².